The molecular weight excluding hydrogens is 246 g/mol. The molecule has 0 radical (unpaired) electrons. The molecule has 0 N–H and O–H groups in total. The summed E-state index contributed by atoms with van der Waals surface area (Å²) in [6, 6.07) is 6.85. The summed E-state index contributed by atoms with van der Waals surface area (Å²) >= 11 is 0. The molecular formula is C14H13NO4. The van der Waals surface area contributed by atoms with E-state index in [4.69, 9.17) is 9.15 Å². The molecule has 0 saturated carbocycles. The van der Waals surface area contributed by atoms with E-state index >= 15 is 0 Å². The summed E-state index contributed by atoms with van der Waals surface area (Å²) < 4.78 is 11.8. The molecule has 1 unspecified atom stereocenters. The van der Waals surface area contributed by atoms with Gasteiger partial charge in [-0.2, -0.15) is 0 Å². The highest BCUT2D eigenvalue weighted by Gasteiger charge is 2.32. The van der Waals surface area contributed by atoms with Crippen LogP contribution >= 0.6 is 0 Å². The van der Waals surface area contributed by atoms with Crippen molar-refractivity contribution in [3.8, 4) is 0 Å². The summed E-state index contributed by atoms with van der Waals surface area (Å²) in [6.45, 7) is 0.643. The average molecular weight is 259 g/mol. The van der Waals surface area contributed by atoms with E-state index < -0.39 is 0 Å². The number of fused-ring (bicyclic) bond motifs is 1. The van der Waals surface area contributed by atoms with Crippen LogP contribution in [0, 0.1) is 0 Å². The fourth-order valence-electron chi connectivity index (χ4n) is 2.56. The minimum Gasteiger partial charge on any atom is -0.469 e. The van der Waals surface area contributed by atoms with Crippen molar-refractivity contribution in [2.45, 2.75) is 18.9 Å². The second-order valence-corrected chi connectivity index (χ2v) is 4.47. The molecule has 0 bridgehead atoms. The van der Waals surface area contributed by atoms with Gasteiger partial charge in [0.15, 0.2) is 5.76 Å². The van der Waals surface area contributed by atoms with Crippen LogP contribution in [0.2, 0.25) is 0 Å². The first-order valence-electron chi connectivity index (χ1n) is 6.08. The Bertz CT molecular complexity index is 624. The van der Waals surface area contributed by atoms with Crippen molar-refractivity contribution in [1.82, 2.24) is 4.57 Å². The van der Waals surface area contributed by atoms with Crippen LogP contribution in [0.3, 0.4) is 0 Å². The van der Waals surface area contributed by atoms with Gasteiger partial charge in [0.2, 0.25) is 5.78 Å². The molecule has 0 spiro atoms. The third-order valence-electron chi connectivity index (χ3n) is 3.48. The van der Waals surface area contributed by atoms with Crippen LogP contribution in [-0.4, -0.2) is 23.4 Å². The number of carbonyl (C=O) groups is 2. The lowest BCUT2D eigenvalue weighted by Crippen LogP contribution is -2.11. The van der Waals surface area contributed by atoms with Crippen LogP contribution < -0.4 is 0 Å². The first kappa shape index (κ1) is 11.8. The topological polar surface area (TPSA) is 61.4 Å². The quantitative estimate of drug-likeness (QED) is 0.624. The van der Waals surface area contributed by atoms with Gasteiger partial charge in [-0.1, -0.05) is 0 Å². The zero-order chi connectivity index (χ0) is 13.4. The van der Waals surface area contributed by atoms with Crippen molar-refractivity contribution < 1.29 is 18.7 Å². The van der Waals surface area contributed by atoms with E-state index in [0.717, 1.165) is 5.69 Å². The molecule has 0 amide bonds. The molecule has 0 saturated heterocycles. The SMILES string of the molecule is COC(=O)C1CCn2c(C(=O)c3ccco3)ccc21. The molecule has 98 valence electrons. The molecule has 0 aliphatic carbocycles. The Hall–Kier alpha value is -2.30. The molecule has 3 rings (SSSR count). The van der Waals surface area contributed by atoms with Crippen molar-refractivity contribution in [3.63, 3.8) is 0 Å². The van der Waals surface area contributed by atoms with Crippen LogP contribution in [0.25, 0.3) is 0 Å². The number of methoxy groups -OCH3 is 1. The maximum Gasteiger partial charge on any atom is 0.314 e. The summed E-state index contributed by atoms with van der Waals surface area (Å²) in [5, 5.41) is 0. The predicted molar refractivity (Wildman–Crippen MR) is 65.9 cm³/mol. The van der Waals surface area contributed by atoms with Gasteiger partial charge in [0.25, 0.3) is 0 Å². The number of rotatable bonds is 3. The Morgan fingerprint density at radius 3 is 2.89 bits per heavy atom. The summed E-state index contributed by atoms with van der Waals surface area (Å²) in [6.07, 6.45) is 2.14. The second-order valence-electron chi connectivity index (χ2n) is 4.47. The lowest BCUT2D eigenvalue weighted by Gasteiger charge is -2.06. The maximum atomic E-state index is 12.2. The average Bonchev–Trinajstić information content (AvgIpc) is 3.13. The molecule has 1 aliphatic heterocycles. The molecule has 0 fully saturated rings. The molecule has 2 aromatic heterocycles. The highest BCUT2D eigenvalue weighted by Crippen LogP contribution is 2.32. The van der Waals surface area contributed by atoms with Crippen LogP contribution in [0.1, 0.15) is 34.3 Å². The van der Waals surface area contributed by atoms with Gasteiger partial charge in [-0.05, 0) is 30.7 Å². The van der Waals surface area contributed by atoms with Crippen LogP contribution in [0.4, 0.5) is 0 Å². The number of nitrogens with zero attached hydrogens (tertiary/aromatic N) is 1. The molecule has 1 aliphatic rings. The Morgan fingerprint density at radius 1 is 1.37 bits per heavy atom. The third-order valence-corrected chi connectivity index (χ3v) is 3.48. The van der Waals surface area contributed by atoms with Gasteiger partial charge in [0.05, 0.1) is 25.0 Å². The minimum atomic E-state index is -0.275. The van der Waals surface area contributed by atoms with Crippen molar-refractivity contribution >= 4 is 11.8 Å². The number of ether oxygens (including phenoxy) is 1. The summed E-state index contributed by atoms with van der Waals surface area (Å²) in [7, 11) is 1.38. The highest BCUT2D eigenvalue weighted by atomic mass is 16.5. The first-order chi connectivity index (χ1) is 9.22. The number of esters is 1. The van der Waals surface area contributed by atoms with Crippen LogP contribution in [-0.2, 0) is 16.1 Å². The molecule has 1 atom stereocenters. The standard InChI is InChI=1S/C14H13NO4/c1-18-14(17)9-6-7-15-10(9)4-5-11(15)13(16)12-3-2-8-19-12/h2-5,8-9H,6-7H2,1H3. The number of ketones is 1. The van der Waals surface area contributed by atoms with Gasteiger partial charge in [-0.15, -0.1) is 0 Å². The van der Waals surface area contributed by atoms with Gasteiger partial charge in [-0.25, -0.2) is 0 Å². The van der Waals surface area contributed by atoms with Gasteiger partial charge in [0, 0.05) is 12.2 Å². The normalized spacial score (nSPS) is 17.2. The second kappa shape index (κ2) is 4.42. The minimum absolute atomic E-state index is 0.165. The summed E-state index contributed by atoms with van der Waals surface area (Å²) in [5.74, 6) is -0.388. The number of aromatic nitrogens is 1. The fraction of sp³-hybridized carbons (Fsp3) is 0.286. The monoisotopic (exact) mass is 259 g/mol. The van der Waals surface area contributed by atoms with Crippen molar-refractivity contribution in [2.24, 2.45) is 0 Å². The van der Waals surface area contributed by atoms with E-state index in [1.165, 1.54) is 13.4 Å². The van der Waals surface area contributed by atoms with E-state index in [2.05, 4.69) is 0 Å². The Morgan fingerprint density at radius 2 is 2.21 bits per heavy atom. The molecule has 2 aromatic rings. The van der Waals surface area contributed by atoms with Gasteiger partial charge in [0.1, 0.15) is 0 Å². The van der Waals surface area contributed by atoms with Crippen molar-refractivity contribution in [3.05, 3.63) is 47.7 Å². The largest absolute Gasteiger partial charge is 0.469 e. The lowest BCUT2D eigenvalue weighted by molar-refractivity contribution is -0.142. The molecule has 0 aromatic carbocycles. The maximum absolute atomic E-state index is 12.2. The third kappa shape index (κ3) is 1.78. The zero-order valence-electron chi connectivity index (χ0n) is 10.5. The molecule has 19 heavy (non-hydrogen) atoms. The number of hydrogen-bond acceptors (Lipinski definition) is 4. The van der Waals surface area contributed by atoms with Gasteiger partial charge < -0.3 is 13.7 Å². The van der Waals surface area contributed by atoms with Crippen molar-refractivity contribution in [1.29, 1.82) is 0 Å². The highest BCUT2D eigenvalue weighted by molar-refractivity contribution is 6.06. The zero-order valence-corrected chi connectivity index (χ0v) is 10.5. The Labute approximate surface area is 109 Å². The fourth-order valence-corrected chi connectivity index (χ4v) is 2.56. The Balaban J connectivity index is 1.95. The number of hydrogen-bond donors (Lipinski definition) is 0. The Kier molecular flexibility index (Phi) is 2.74. The van der Waals surface area contributed by atoms with Crippen LogP contribution in [0.5, 0.6) is 0 Å². The van der Waals surface area contributed by atoms with E-state index in [1.54, 1.807) is 18.2 Å². The van der Waals surface area contributed by atoms with Gasteiger partial charge >= 0.3 is 5.97 Å². The van der Waals surface area contributed by atoms with Crippen molar-refractivity contribution in [2.75, 3.05) is 7.11 Å². The first-order valence-corrected chi connectivity index (χ1v) is 6.08. The van der Waals surface area contributed by atoms with Gasteiger partial charge in [-0.3, -0.25) is 9.59 Å². The van der Waals surface area contributed by atoms with E-state index in [0.29, 0.717) is 24.4 Å². The molecule has 3 heterocycles. The molecule has 5 nitrogen and oxygen atoms in total. The van der Waals surface area contributed by atoms with E-state index in [-0.39, 0.29) is 17.7 Å². The summed E-state index contributed by atoms with van der Waals surface area (Å²) in [5.41, 5.74) is 1.39. The van der Waals surface area contributed by atoms with E-state index in [9.17, 15) is 9.59 Å². The van der Waals surface area contributed by atoms with Crippen LogP contribution in [0.15, 0.2) is 34.9 Å². The summed E-state index contributed by atoms with van der Waals surface area (Å²) in [4.78, 5) is 23.9. The lowest BCUT2D eigenvalue weighted by atomic mass is 10.1. The predicted octanol–water partition coefficient (Wildman–Crippen LogP) is 1.97. The molecule has 5 heteroatoms. The van der Waals surface area contributed by atoms with E-state index in [1.807, 2.05) is 10.6 Å². The number of carbonyl (C=O) groups excluding carboxylic acids is 2. The smallest absolute Gasteiger partial charge is 0.314 e. The number of furan rings is 1.